The summed E-state index contributed by atoms with van der Waals surface area (Å²) in [5, 5.41) is 0.794. The van der Waals surface area contributed by atoms with Crippen molar-refractivity contribution in [3.05, 3.63) is 0 Å². The van der Waals surface area contributed by atoms with Gasteiger partial charge < -0.3 is 0 Å². The van der Waals surface area contributed by atoms with Crippen molar-refractivity contribution in [3.63, 3.8) is 0 Å². The Hall–Kier alpha value is 0.350. The molecule has 0 amide bonds. The molecule has 0 atom stereocenters. The second-order valence-electron chi connectivity index (χ2n) is 4.54. The van der Waals surface area contributed by atoms with Crippen LogP contribution in [0.4, 0.5) is 0 Å². The SMILES string of the molecule is CC(C)(CCBr)NS(=O)(=O)N1CCCC1. The molecule has 0 aromatic heterocycles. The first-order chi connectivity index (χ1) is 6.87. The second kappa shape index (κ2) is 5.12. The molecule has 0 aromatic carbocycles. The minimum absolute atomic E-state index is 0.384. The van der Waals surface area contributed by atoms with E-state index in [-0.39, 0.29) is 5.54 Å². The van der Waals surface area contributed by atoms with Crippen LogP contribution in [0.15, 0.2) is 0 Å². The Morgan fingerprint density at radius 3 is 2.33 bits per heavy atom. The van der Waals surface area contributed by atoms with Crippen molar-refractivity contribution in [1.82, 2.24) is 9.03 Å². The standard InChI is InChI=1S/C9H19BrN2O2S/c1-9(2,5-6-10)11-15(13,14)12-7-3-4-8-12/h11H,3-8H2,1-2H3. The Morgan fingerprint density at radius 1 is 1.33 bits per heavy atom. The number of rotatable bonds is 5. The molecular weight excluding hydrogens is 280 g/mol. The molecule has 4 nitrogen and oxygen atoms in total. The predicted octanol–water partition coefficient (Wildman–Crippen LogP) is 1.48. The summed E-state index contributed by atoms with van der Waals surface area (Å²) in [6.45, 7) is 5.11. The van der Waals surface area contributed by atoms with Gasteiger partial charge in [-0.3, -0.25) is 0 Å². The lowest BCUT2D eigenvalue weighted by Crippen LogP contribution is -2.49. The second-order valence-corrected chi connectivity index (χ2v) is 7.00. The third-order valence-corrected chi connectivity index (χ3v) is 4.78. The zero-order valence-electron chi connectivity index (χ0n) is 9.29. The molecule has 0 radical (unpaired) electrons. The molecule has 0 saturated carbocycles. The van der Waals surface area contributed by atoms with Gasteiger partial charge in [0.25, 0.3) is 10.2 Å². The van der Waals surface area contributed by atoms with E-state index in [2.05, 4.69) is 20.7 Å². The lowest BCUT2D eigenvalue weighted by Gasteiger charge is -2.28. The molecule has 1 fully saturated rings. The monoisotopic (exact) mass is 298 g/mol. The fraction of sp³-hybridized carbons (Fsp3) is 1.00. The highest BCUT2D eigenvalue weighted by Crippen LogP contribution is 2.16. The van der Waals surface area contributed by atoms with Crippen LogP contribution in [0.1, 0.15) is 33.1 Å². The molecular formula is C9H19BrN2O2S. The van der Waals surface area contributed by atoms with Gasteiger partial charge in [-0.1, -0.05) is 15.9 Å². The average molecular weight is 299 g/mol. The van der Waals surface area contributed by atoms with E-state index in [1.807, 2.05) is 13.8 Å². The Bertz CT molecular complexity index is 297. The lowest BCUT2D eigenvalue weighted by molar-refractivity contribution is 0.404. The molecule has 90 valence electrons. The molecule has 15 heavy (non-hydrogen) atoms. The molecule has 0 aliphatic carbocycles. The van der Waals surface area contributed by atoms with Gasteiger partial charge in [0.15, 0.2) is 0 Å². The number of nitrogens with zero attached hydrogens (tertiary/aromatic N) is 1. The molecule has 1 N–H and O–H groups in total. The normalized spacial score (nSPS) is 19.7. The molecule has 1 rings (SSSR count). The fourth-order valence-corrected chi connectivity index (χ4v) is 4.29. The van der Waals surface area contributed by atoms with E-state index in [1.165, 1.54) is 4.31 Å². The summed E-state index contributed by atoms with van der Waals surface area (Å²) < 4.78 is 28.1. The number of nitrogens with one attached hydrogen (secondary N) is 1. The first-order valence-corrected chi connectivity index (χ1v) is 7.78. The topological polar surface area (TPSA) is 49.4 Å². The molecule has 1 aliphatic rings. The highest BCUT2D eigenvalue weighted by Gasteiger charge is 2.30. The maximum Gasteiger partial charge on any atom is 0.279 e. The van der Waals surface area contributed by atoms with Crippen LogP contribution < -0.4 is 4.72 Å². The van der Waals surface area contributed by atoms with Gasteiger partial charge in [0.2, 0.25) is 0 Å². The van der Waals surface area contributed by atoms with E-state index in [0.717, 1.165) is 24.6 Å². The van der Waals surface area contributed by atoms with Gasteiger partial charge in [0, 0.05) is 24.0 Å². The molecule has 0 spiro atoms. The van der Waals surface area contributed by atoms with Crippen LogP contribution in [0.5, 0.6) is 0 Å². The zero-order valence-corrected chi connectivity index (χ0v) is 11.7. The van der Waals surface area contributed by atoms with E-state index in [1.54, 1.807) is 0 Å². The Balaban J connectivity index is 2.62. The Morgan fingerprint density at radius 2 is 1.87 bits per heavy atom. The van der Waals surface area contributed by atoms with Gasteiger partial charge in [0.05, 0.1) is 0 Å². The highest BCUT2D eigenvalue weighted by molar-refractivity contribution is 9.09. The number of hydrogen-bond acceptors (Lipinski definition) is 2. The van der Waals surface area contributed by atoms with Crippen molar-refractivity contribution >= 4 is 26.1 Å². The molecule has 0 bridgehead atoms. The van der Waals surface area contributed by atoms with Gasteiger partial charge in [-0.05, 0) is 33.1 Å². The zero-order chi connectivity index (χ0) is 11.5. The van der Waals surface area contributed by atoms with Crippen LogP contribution in [0.25, 0.3) is 0 Å². The third-order valence-electron chi connectivity index (χ3n) is 2.53. The minimum Gasteiger partial charge on any atom is -0.196 e. The van der Waals surface area contributed by atoms with Crippen molar-refractivity contribution in [2.75, 3.05) is 18.4 Å². The highest BCUT2D eigenvalue weighted by atomic mass is 79.9. The molecule has 0 unspecified atom stereocenters. The maximum atomic E-state index is 11.9. The average Bonchev–Trinajstić information content (AvgIpc) is 2.52. The minimum atomic E-state index is -3.28. The van der Waals surface area contributed by atoms with Crippen LogP contribution >= 0.6 is 15.9 Å². The first kappa shape index (κ1) is 13.4. The van der Waals surface area contributed by atoms with Gasteiger partial charge >= 0.3 is 0 Å². The Labute approximate surface area is 101 Å². The maximum absolute atomic E-state index is 11.9. The van der Waals surface area contributed by atoms with Crippen LogP contribution in [0, 0.1) is 0 Å². The summed E-state index contributed by atoms with van der Waals surface area (Å²) in [6, 6.07) is 0. The third kappa shape index (κ3) is 4.01. The van der Waals surface area contributed by atoms with Crippen molar-refractivity contribution in [1.29, 1.82) is 0 Å². The fourth-order valence-electron chi connectivity index (χ4n) is 1.63. The molecule has 0 aromatic rings. The van der Waals surface area contributed by atoms with Crippen molar-refractivity contribution < 1.29 is 8.42 Å². The summed E-state index contributed by atoms with van der Waals surface area (Å²) in [4.78, 5) is 0. The quantitative estimate of drug-likeness (QED) is 0.782. The molecule has 6 heteroatoms. The van der Waals surface area contributed by atoms with Crippen LogP contribution in [0.2, 0.25) is 0 Å². The summed E-state index contributed by atoms with van der Waals surface area (Å²) in [5.74, 6) is 0. The van der Waals surface area contributed by atoms with Crippen LogP contribution in [0.3, 0.4) is 0 Å². The van der Waals surface area contributed by atoms with E-state index >= 15 is 0 Å². The van der Waals surface area contributed by atoms with E-state index in [0.29, 0.717) is 13.1 Å². The predicted molar refractivity (Wildman–Crippen MR) is 65.4 cm³/mol. The van der Waals surface area contributed by atoms with Gasteiger partial charge in [-0.2, -0.15) is 17.4 Å². The smallest absolute Gasteiger partial charge is 0.196 e. The molecule has 1 saturated heterocycles. The van der Waals surface area contributed by atoms with Crippen LogP contribution in [-0.4, -0.2) is 36.7 Å². The number of alkyl halides is 1. The summed E-state index contributed by atoms with van der Waals surface area (Å²) in [5.41, 5.74) is -0.384. The van der Waals surface area contributed by atoms with Crippen molar-refractivity contribution in [3.8, 4) is 0 Å². The Kier molecular flexibility index (Phi) is 4.58. The molecule has 1 aliphatic heterocycles. The first-order valence-electron chi connectivity index (χ1n) is 5.22. The van der Waals surface area contributed by atoms with Gasteiger partial charge in [-0.25, -0.2) is 0 Å². The largest absolute Gasteiger partial charge is 0.279 e. The summed E-state index contributed by atoms with van der Waals surface area (Å²) >= 11 is 3.33. The molecule has 1 heterocycles. The van der Waals surface area contributed by atoms with Gasteiger partial charge in [0.1, 0.15) is 0 Å². The van der Waals surface area contributed by atoms with Crippen molar-refractivity contribution in [2.24, 2.45) is 0 Å². The number of halogens is 1. The summed E-state index contributed by atoms with van der Waals surface area (Å²) in [7, 11) is -3.28. The lowest BCUT2D eigenvalue weighted by atomic mass is 10.0. The summed E-state index contributed by atoms with van der Waals surface area (Å²) in [6.07, 6.45) is 2.72. The van der Waals surface area contributed by atoms with E-state index < -0.39 is 10.2 Å². The van der Waals surface area contributed by atoms with Crippen molar-refractivity contribution in [2.45, 2.75) is 38.6 Å². The van der Waals surface area contributed by atoms with E-state index in [4.69, 9.17) is 0 Å². The number of hydrogen-bond donors (Lipinski definition) is 1. The van der Waals surface area contributed by atoms with Gasteiger partial charge in [-0.15, -0.1) is 0 Å². The van der Waals surface area contributed by atoms with E-state index in [9.17, 15) is 8.42 Å². The van der Waals surface area contributed by atoms with Crippen LogP contribution in [-0.2, 0) is 10.2 Å².